The van der Waals surface area contributed by atoms with Crippen LogP contribution in [0.2, 0.25) is 0 Å². The zero-order chi connectivity index (χ0) is 21.6. The van der Waals surface area contributed by atoms with E-state index in [1.54, 1.807) is 7.11 Å². The van der Waals surface area contributed by atoms with Gasteiger partial charge in [-0.3, -0.25) is 14.5 Å². The third-order valence-corrected chi connectivity index (χ3v) is 5.99. The summed E-state index contributed by atoms with van der Waals surface area (Å²) in [5, 5.41) is 7.07. The molecule has 9 heteroatoms. The highest BCUT2D eigenvalue weighted by atomic mass is 16.5. The first-order valence-electron chi connectivity index (χ1n) is 10.9. The number of ether oxygens (including phenoxy) is 1. The molecule has 0 unspecified atom stereocenters. The summed E-state index contributed by atoms with van der Waals surface area (Å²) in [6, 6.07) is 7.53. The van der Waals surface area contributed by atoms with Gasteiger partial charge in [0.1, 0.15) is 5.75 Å². The molecule has 4 rings (SSSR count). The molecule has 2 aromatic rings. The number of nitrogens with zero attached hydrogens (tertiary/aromatic N) is 4. The van der Waals surface area contributed by atoms with E-state index in [0.717, 1.165) is 50.2 Å². The second-order valence-corrected chi connectivity index (χ2v) is 8.07. The minimum atomic E-state index is 0.0167. The van der Waals surface area contributed by atoms with Crippen LogP contribution in [0.25, 0.3) is 11.4 Å². The monoisotopic (exact) mass is 427 g/mol. The molecule has 2 fully saturated rings. The number of carbonyl (C=O) groups is 2. The van der Waals surface area contributed by atoms with Crippen LogP contribution in [0.5, 0.6) is 5.75 Å². The van der Waals surface area contributed by atoms with Gasteiger partial charge < -0.3 is 19.5 Å². The Morgan fingerprint density at radius 2 is 2.00 bits per heavy atom. The smallest absolute Gasteiger partial charge is 0.241 e. The molecule has 1 aromatic carbocycles. The highest BCUT2D eigenvalue weighted by Gasteiger charge is 2.26. The second kappa shape index (κ2) is 9.91. The molecule has 1 N–H and O–H groups in total. The Morgan fingerprint density at radius 1 is 1.23 bits per heavy atom. The number of carbonyl (C=O) groups excluding carboxylic acids is 2. The van der Waals surface area contributed by atoms with Gasteiger partial charge in [-0.25, -0.2) is 0 Å². The van der Waals surface area contributed by atoms with Crippen LogP contribution in [0.1, 0.15) is 31.6 Å². The van der Waals surface area contributed by atoms with E-state index < -0.39 is 0 Å². The van der Waals surface area contributed by atoms with Crippen molar-refractivity contribution in [2.75, 3.05) is 39.8 Å². The summed E-state index contributed by atoms with van der Waals surface area (Å²) in [5.41, 5.74) is 0.877. The van der Waals surface area contributed by atoms with Crippen LogP contribution in [-0.4, -0.2) is 71.6 Å². The van der Waals surface area contributed by atoms with Gasteiger partial charge in [0.25, 0.3) is 0 Å². The number of aromatic nitrogens is 2. The number of benzene rings is 1. The average Bonchev–Trinajstić information content (AvgIpc) is 3.43. The quantitative estimate of drug-likeness (QED) is 0.684. The molecular weight excluding hydrogens is 398 g/mol. The summed E-state index contributed by atoms with van der Waals surface area (Å²) in [6.07, 6.45) is 3.16. The maximum Gasteiger partial charge on any atom is 0.241 e. The predicted octanol–water partition coefficient (Wildman–Crippen LogP) is 1.70. The van der Waals surface area contributed by atoms with Crippen molar-refractivity contribution in [3.8, 4) is 17.1 Å². The maximum atomic E-state index is 12.4. The van der Waals surface area contributed by atoms with Gasteiger partial charge in [0.2, 0.25) is 23.5 Å². The van der Waals surface area contributed by atoms with Crippen molar-refractivity contribution in [3.63, 3.8) is 0 Å². The number of likely N-dealkylation sites (tertiary alicyclic amines) is 2. The van der Waals surface area contributed by atoms with Crippen molar-refractivity contribution >= 4 is 11.8 Å². The SMILES string of the molecule is COc1ccc(-c2noc(CN3CCC(C(=O)NCCN4CCCC4=O)CC3)n2)cc1. The van der Waals surface area contributed by atoms with E-state index in [-0.39, 0.29) is 17.7 Å². The van der Waals surface area contributed by atoms with Crippen LogP contribution in [0.3, 0.4) is 0 Å². The number of nitrogens with one attached hydrogen (secondary N) is 1. The van der Waals surface area contributed by atoms with Crippen molar-refractivity contribution in [1.82, 2.24) is 25.3 Å². The first-order chi connectivity index (χ1) is 15.1. The average molecular weight is 428 g/mol. The van der Waals surface area contributed by atoms with Crippen molar-refractivity contribution in [2.45, 2.75) is 32.2 Å². The molecule has 0 spiro atoms. The van der Waals surface area contributed by atoms with E-state index in [2.05, 4.69) is 20.4 Å². The van der Waals surface area contributed by atoms with Crippen molar-refractivity contribution in [3.05, 3.63) is 30.2 Å². The van der Waals surface area contributed by atoms with Gasteiger partial charge in [-0.15, -0.1) is 0 Å². The van der Waals surface area contributed by atoms with Gasteiger partial charge in [-0.05, 0) is 56.6 Å². The lowest BCUT2D eigenvalue weighted by atomic mass is 9.96. The van der Waals surface area contributed by atoms with E-state index in [4.69, 9.17) is 9.26 Å². The lowest BCUT2D eigenvalue weighted by Crippen LogP contribution is -2.42. The standard InChI is InChI=1S/C22H29N5O4/c1-30-18-6-4-16(5-7-18)21-24-19(31-25-21)15-26-12-8-17(9-13-26)22(29)23-10-14-27-11-2-3-20(27)28/h4-7,17H,2-3,8-15H2,1H3,(H,23,29). The van der Waals surface area contributed by atoms with Crippen molar-refractivity contribution in [2.24, 2.45) is 5.92 Å². The van der Waals surface area contributed by atoms with Crippen LogP contribution in [0.4, 0.5) is 0 Å². The number of piperidine rings is 1. The third kappa shape index (κ3) is 5.41. The minimum absolute atomic E-state index is 0.0167. The molecule has 3 heterocycles. The Morgan fingerprint density at radius 3 is 2.68 bits per heavy atom. The minimum Gasteiger partial charge on any atom is -0.497 e. The van der Waals surface area contributed by atoms with Gasteiger partial charge in [0.15, 0.2) is 0 Å². The Labute approximate surface area is 181 Å². The summed E-state index contributed by atoms with van der Waals surface area (Å²) in [6.45, 7) is 4.14. The molecule has 0 saturated carbocycles. The molecular formula is C22H29N5O4. The van der Waals surface area contributed by atoms with Crippen LogP contribution >= 0.6 is 0 Å². The highest BCUT2D eigenvalue weighted by Crippen LogP contribution is 2.22. The third-order valence-electron chi connectivity index (χ3n) is 5.99. The number of hydrogen-bond acceptors (Lipinski definition) is 7. The summed E-state index contributed by atoms with van der Waals surface area (Å²) in [5.74, 6) is 2.21. The largest absolute Gasteiger partial charge is 0.497 e. The van der Waals surface area contributed by atoms with Gasteiger partial charge in [0.05, 0.1) is 13.7 Å². The number of hydrogen-bond donors (Lipinski definition) is 1. The molecule has 0 bridgehead atoms. The molecule has 2 amide bonds. The lowest BCUT2D eigenvalue weighted by molar-refractivity contribution is -0.129. The molecule has 2 aliphatic heterocycles. The molecule has 9 nitrogen and oxygen atoms in total. The zero-order valence-electron chi connectivity index (χ0n) is 17.9. The normalized spacial score (nSPS) is 17.8. The number of rotatable bonds is 8. The van der Waals surface area contributed by atoms with Gasteiger partial charge in [0, 0.05) is 37.5 Å². The fraction of sp³-hybridized carbons (Fsp3) is 0.545. The molecule has 0 atom stereocenters. The predicted molar refractivity (Wildman–Crippen MR) is 113 cm³/mol. The van der Waals surface area contributed by atoms with Crippen LogP contribution in [0.15, 0.2) is 28.8 Å². The van der Waals surface area contributed by atoms with Crippen LogP contribution < -0.4 is 10.1 Å². The topological polar surface area (TPSA) is 101 Å². The summed E-state index contributed by atoms with van der Waals surface area (Å²) in [7, 11) is 1.63. The molecule has 0 aliphatic carbocycles. The van der Waals surface area contributed by atoms with E-state index >= 15 is 0 Å². The van der Waals surface area contributed by atoms with Gasteiger partial charge in [-0.1, -0.05) is 5.16 Å². The molecule has 31 heavy (non-hydrogen) atoms. The summed E-state index contributed by atoms with van der Waals surface area (Å²) in [4.78, 5) is 32.6. The van der Waals surface area contributed by atoms with E-state index in [1.165, 1.54) is 0 Å². The Bertz CT molecular complexity index is 890. The van der Waals surface area contributed by atoms with Crippen LogP contribution in [0, 0.1) is 5.92 Å². The van der Waals surface area contributed by atoms with Crippen molar-refractivity contribution < 1.29 is 18.8 Å². The molecule has 2 saturated heterocycles. The molecule has 0 radical (unpaired) electrons. The Hall–Kier alpha value is -2.94. The summed E-state index contributed by atoms with van der Waals surface area (Å²) >= 11 is 0. The summed E-state index contributed by atoms with van der Waals surface area (Å²) < 4.78 is 10.6. The van der Waals surface area contributed by atoms with Gasteiger partial charge in [-0.2, -0.15) is 4.98 Å². The fourth-order valence-electron chi connectivity index (χ4n) is 4.12. The first kappa shape index (κ1) is 21.3. The number of methoxy groups -OCH3 is 1. The molecule has 1 aromatic heterocycles. The van der Waals surface area contributed by atoms with E-state index in [1.807, 2.05) is 29.2 Å². The zero-order valence-corrected chi connectivity index (χ0v) is 17.9. The Balaban J connectivity index is 1.20. The van der Waals surface area contributed by atoms with E-state index in [0.29, 0.717) is 37.8 Å². The van der Waals surface area contributed by atoms with Gasteiger partial charge >= 0.3 is 0 Å². The maximum absolute atomic E-state index is 12.4. The van der Waals surface area contributed by atoms with Crippen molar-refractivity contribution in [1.29, 1.82) is 0 Å². The Kier molecular flexibility index (Phi) is 6.81. The molecule has 2 aliphatic rings. The lowest BCUT2D eigenvalue weighted by Gasteiger charge is -2.30. The van der Waals surface area contributed by atoms with E-state index in [9.17, 15) is 9.59 Å². The number of amides is 2. The fourth-order valence-corrected chi connectivity index (χ4v) is 4.12. The van der Waals surface area contributed by atoms with Crippen LogP contribution in [-0.2, 0) is 16.1 Å². The second-order valence-electron chi connectivity index (χ2n) is 8.07. The highest BCUT2D eigenvalue weighted by molar-refractivity contribution is 5.79. The molecule has 166 valence electrons. The first-order valence-corrected chi connectivity index (χ1v) is 10.9.